The van der Waals surface area contributed by atoms with Crippen LogP contribution in [0.15, 0.2) is 77.3 Å². The zero-order valence-corrected chi connectivity index (χ0v) is 24.3. The van der Waals surface area contributed by atoms with Gasteiger partial charge in [0.05, 0.1) is 5.75 Å². The molecule has 1 fully saturated rings. The van der Waals surface area contributed by atoms with E-state index in [9.17, 15) is 18.0 Å². The van der Waals surface area contributed by atoms with Crippen LogP contribution in [0.2, 0.25) is 0 Å². The van der Waals surface area contributed by atoms with E-state index in [1.165, 1.54) is 4.31 Å². The molecule has 200 valence electrons. The third kappa shape index (κ3) is 6.98. The van der Waals surface area contributed by atoms with Gasteiger partial charge in [-0.2, -0.15) is 0 Å². The molecule has 1 aliphatic heterocycles. The van der Waals surface area contributed by atoms with Crippen molar-refractivity contribution in [1.29, 1.82) is 0 Å². The number of carbonyl (C=O) groups is 2. The third-order valence-corrected chi connectivity index (χ3v) is 9.26. The SMILES string of the molecule is CC(C)(C)c1ccc(C(=O)c2cccc(NC(=O)C3CCN(S(=O)(=O)Cc4ccc(Br)cc4)CC3)c2)cc1. The van der Waals surface area contributed by atoms with Crippen molar-refractivity contribution >= 4 is 43.3 Å². The lowest BCUT2D eigenvalue weighted by Gasteiger charge is -2.30. The minimum absolute atomic E-state index is 0.00560. The number of hydrogen-bond donors (Lipinski definition) is 1. The molecule has 1 N–H and O–H groups in total. The maximum atomic E-state index is 13.0. The zero-order valence-electron chi connectivity index (χ0n) is 21.9. The highest BCUT2D eigenvalue weighted by molar-refractivity contribution is 9.10. The molecule has 38 heavy (non-hydrogen) atoms. The minimum atomic E-state index is -3.46. The van der Waals surface area contributed by atoms with Crippen molar-refractivity contribution < 1.29 is 18.0 Å². The van der Waals surface area contributed by atoms with Crippen molar-refractivity contribution in [3.63, 3.8) is 0 Å². The Hall–Kier alpha value is -2.81. The maximum absolute atomic E-state index is 13.0. The number of sulfonamides is 1. The Kier molecular flexibility index (Phi) is 8.55. The van der Waals surface area contributed by atoms with E-state index in [1.54, 1.807) is 36.4 Å². The molecule has 1 amide bonds. The molecule has 8 heteroatoms. The van der Waals surface area contributed by atoms with E-state index in [0.29, 0.717) is 42.7 Å². The highest BCUT2D eigenvalue weighted by Gasteiger charge is 2.31. The van der Waals surface area contributed by atoms with Crippen molar-refractivity contribution in [3.05, 3.63) is 99.5 Å². The highest BCUT2D eigenvalue weighted by Crippen LogP contribution is 2.25. The number of anilines is 1. The molecule has 0 atom stereocenters. The quantitative estimate of drug-likeness (QED) is 0.331. The van der Waals surface area contributed by atoms with Crippen LogP contribution < -0.4 is 5.32 Å². The molecular formula is C30H33BrN2O4S. The molecule has 0 radical (unpaired) electrons. The van der Waals surface area contributed by atoms with E-state index in [0.717, 1.165) is 15.6 Å². The standard InChI is InChI=1S/C30H33BrN2O4S/c1-30(2,3)25-11-9-22(10-12-25)28(34)24-5-4-6-27(19-24)32-29(35)23-15-17-33(18-16-23)38(36,37)20-21-7-13-26(31)14-8-21/h4-14,19,23H,15-18,20H2,1-3H3,(H,32,35). The number of rotatable bonds is 7. The van der Waals surface area contributed by atoms with Gasteiger partial charge >= 0.3 is 0 Å². The third-order valence-electron chi connectivity index (χ3n) is 6.89. The normalized spacial score (nSPS) is 15.3. The fourth-order valence-corrected chi connectivity index (χ4v) is 6.38. The van der Waals surface area contributed by atoms with Crippen molar-refractivity contribution in [1.82, 2.24) is 4.31 Å². The van der Waals surface area contributed by atoms with E-state index >= 15 is 0 Å². The van der Waals surface area contributed by atoms with Gasteiger partial charge in [0, 0.05) is 40.3 Å². The molecule has 0 spiro atoms. The van der Waals surface area contributed by atoms with Crippen LogP contribution in [0.4, 0.5) is 5.69 Å². The van der Waals surface area contributed by atoms with E-state index in [1.807, 2.05) is 36.4 Å². The minimum Gasteiger partial charge on any atom is -0.326 e. The Balaban J connectivity index is 1.34. The Morgan fingerprint density at radius 3 is 2.16 bits per heavy atom. The number of carbonyl (C=O) groups excluding carboxylic acids is 2. The molecule has 1 aliphatic rings. The summed E-state index contributed by atoms with van der Waals surface area (Å²) in [5.74, 6) is -0.616. The van der Waals surface area contributed by atoms with Crippen LogP contribution in [0.5, 0.6) is 0 Å². The average Bonchev–Trinajstić information content (AvgIpc) is 2.89. The number of nitrogens with one attached hydrogen (secondary N) is 1. The maximum Gasteiger partial charge on any atom is 0.227 e. The summed E-state index contributed by atoms with van der Waals surface area (Å²) in [6.07, 6.45) is 0.897. The number of nitrogens with zero attached hydrogens (tertiary/aromatic N) is 1. The van der Waals surface area contributed by atoms with Crippen LogP contribution >= 0.6 is 15.9 Å². The lowest BCUT2D eigenvalue weighted by Crippen LogP contribution is -2.41. The summed E-state index contributed by atoms with van der Waals surface area (Å²) >= 11 is 3.36. The van der Waals surface area contributed by atoms with Crippen LogP contribution in [-0.2, 0) is 26.0 Å². The number of benzene rings is 3. The lowest BCUT2D eigenvalue weighted by molar-refractivity contribution is -0.120. The summed E-state index contributed by atoms with van der Waals surface area (Å²) in [7, 11) is -3.46. The summed E-state index contributed by atoms with van der Waals surface area (Å²) in [5.41, 5.74) is 3.54. The molecule has 1 saturated heterocycles. The fourth-order valence-electron chi connectivity index (χ4n) is 4.55. The summed E-state index contributed by atoms with van der Waals surface area (Å²) in [4.78, 5) is 26.0. The molecule has 0 aliphatic carbocycles. The molecule has 4 rings (SSSR count). The monoisotopic (exact) mass is 596 g/mol. The van der Waals surface area contributed by atoms with Gasteiger partial charge in [0.2, 0.25) is 15.9 Å². The van der Waals surface area contributed by atoms with Crippen LogP contribution in [-0.4, -0.2) is 37.5 Å². The highest BCUT2D eigenvalue weighted by atomic mass is 79.9. The van der Waals surface area contributed by atoms with E-state index in [4.69, 9.17) is 0 Å². The summed E-state index contributed by atoms with van der Waals surface area (Å²) in [6.45, 7) is 6.99. The van der Waals surface area contributed by atoms with Gasteiger partial charge in [0.15, 0.2) is 5.78 Å². The first-order chi connectivity index (χ1) is 17.9. The first kappa shape index (κ1) is 28.2. The fraction of sp³-hybridized carbons (Fsp3) is 0.333. The molecule has 0 aromatic heterocycles. The average molecular weight is 598 g/mol. The van der Waals surface area contributed by atoms with Crippen molar-refractivity contribution in [2.45, 2.75) is 44.8 Å². The molecular weight excluding hydrogens is 564 g/mol. The summed E-state index contributed by atoms with van der Waals surface area (Å²) in [5, 5.41) is 2.92. The topological polar surface area (TPSA) is 83.6 Å². The molecule has 1 heterocycles. The van der Waals surface area contributed by atoms with Gasteiger partial charge in [-0.15, -0.1) is 0 Å². The Morgan fingerprint density at radius 1 is 0.921 bits per heavy atom. The summed E-state index contributed by atoms with van der Waals surface area (Å²) in [6, 6.07) is 21.8. The van der Waals surface area contributed by atoms with Gasteiger partial charge in [-0.05, 0) is 53.6 Å². The van der Waals surface area contributed by atoms with E-state index in [-0.39, 0.29) is 28.8 Å². The number of halogens is 1. The second-order valence-electron chi connectivity index (χ2n) is 10.8. The van der Waals surface area contributed by atoms with Crippen molar-refractivity contribution in [2.24, 2.45) is 5.92 Å². The van der Waals surface area contributed by atoms with Crippen LogP contribution in [0.3, 0.4) is 0 Å². The molecule has 0 saturated carbocycles. The Morgan fingerprint density at radius 2 is 1.55 bits per heavy atom. The molecule has 0 unspecified atom stereocenters. The first-order valence-electron chi connectivity index (χ1n) is 12.7. The van der Waals surface area contributed by atoms with Crippen molar-refractivity contribution in [3.8, 4) is 0 Å². The van der Waals surface area contributed by atoms with Crippen LogP contribution in [0.25, 0.3) is 0 Å². The number of piperidine rings is 1. The zero-order chi connectivity index (χ0) is 27.5. The van der Waals surface area contributed by atoms with E-state index < -0.39 is 10.0 Å². The molecule has 3 aromatic carbocycles. The van der Waals surface area contributed by atoms with Gasteiger partial charge < -0.3 is 5.32 Å². The Bertz CT molecular complexity index is 1400. The van der Waals surface area contributed by atoms with Gasteiger partial charge in [-0.1, -0.05) is 85.2 Å². The number of hydrogen-bond acceptors (Lipinski definition) is 4. The molecule has 6 nitrogen and oxygen atoms in total. The number of ketones is 1. The molecule has 0 bridgehead atoms. The predicted octanol–water partition coefficient (Wildman–Crippen LogP) is 6.16. The van der Waals surface area contributed by atoms with Gasteiger partial charge in [-0.25, -0.2) is 12.7 Å². The largest absolute Gasteiger partial charge is 0.326 e. The van der Waals surface area contributed by atoms with E-state index in [2.05, 4.69) is 42.0 Å². The summed E-state index contributed by atoms with van der Waals surface area (Å²) < 4.78 is 28.1. The number of amides is 1. The van der Waals surface area contributed by atoms with Gasteiger partial charge in [0.1, 0.15) is 0 Å². The van der Waals surface area contributed by atoms with Crippen LogP contribution in [0.1, 0.15) is 60.7 Å². The predicted molar refractivity (Wildman–Crippen MR) is 155 cm³/mol. The smallest absolute Gasteiger partial charge is 0.227 e. The van der Waals surface area contributed by atoms with Gasteiger partial charge in [0.25, 0.3) is 0 Å². The van der Waals surface area contributed by atoms with Crippen molar-refractivity contribution in [2.75, 3.05) is 18.4 Å². The second kappa shape index (κ2) is 11.5. The first-order valence-corrected chi connectivity index (χ1v) is 15.1. The molecule has 3 aromatic rings. The lowest BCUT2D eigenvalue weighted by atomic mass is 9.86. The van der Waals surface area contributed by atoms with Crippen LogP contribution in [0, 0.1) is 5.92 Å². The second-order valence-corrected chi connectivity index (χ2v) is 13.7. The Labute approximate surface area is 233 Å². The van der Waals surface area contributed by atoms with Gasteiger partial charge in [-0.3, -0.25) is 9.59 Å².